The summed E-state index contributed by atoms with van der Waals surface area (Å²) in [6, 6.07) is 1.92. The molecule has 0 aliphatic heterocycles. The molecule has 0 aliphatic rings. The Labute approximate surface area is 115 Å². The summed E-state index contributed by atoms with van der Waals surface area (Å²) in [5, 5.41) is 16.7. The number of thiazole rings is 1. The van der Waals surface area contributed by atoms with Crippen molar-refractivity contribution in [1.29, 1.82) is 0 Å². The van der Waals surface area contributed by atoms with Gasteiger partial charge in [-0.15, -0.1) is 11.3 Å². The average molecular weight is 296 g/mol. The number of imide groups is 1. The number of carbonyl (C=O) groups excluding carboxylic acids is 2. The lowest BCUT2D eigenvalue weighted by molar-refractivity contribution is -0.401. The van der Waals surface area contributed by atoms with Crippen molar-refractivity contribution in [3.63, 3.8) is 0 Å². The van der Waals surface area contributed by atoms with Crippen LogP contribution in [0, 0.1) is 10.1 Å². The summed E-state index contributed by atoms with van der Waals surface area (Å²) >= 11 is 1.09. The third-order valence-electron chi connectivity index (χ3n) is 2.04. The number of hydrogen-bond acceptors (Lipinski definition) is 7. The Kier molecular flexibility index (Phi) is 3.75. The van der Waals surface area contributed by atoms with Gasteiger partial charge in [-0.05, 0) is 6.07 Å². The number of aromatic nitrogens is 1. The third kappa shape index (κ3) is 3.17. The molecule has 2 aromatic rings. The average Bonchev–Trinajstić information content (AvgIpc) is 2.94. The smallest absolute Gasteiger partial charge is 0.399 e. The van der Waals surface area contributed by atoms with Crippen molar-refractivity contribution in [3.8, 4) is 11.5 Å². The number of hydrogen-bond donors (Lipinski definition) is 2. The second-order valence-electron chi connectivity index (χ2n) is 3.57. The summed E-state index contributed by atoms with van der Waals surface area (Å²) < 4.78 is 4.98. The number of anilines is 1. The maximum absolute atomic E-state index is 11.3. The molecule has 3 amide bonds. The van der Waals surface area contributed by atoms with Crippen LogP contribution in [0.5, 0.6) is 0 Å². The van der Waals surface area contributed by atoms with E-state index < -0.39 is 22.7 Å². The van der Waals surface area contributed by atoms with Gasteiger partial charge in [-0.25, -0.2) is 9.78 Å². The minimum Gasteiger partial charge on any atom is -0.399 e. The second kappa shape index (κ2) is 5.48. The lowest BCUT2D eigenvalue weighted by atomic mass is 10.4. The Balaban J connectivity index is 2.10. The molecule has 0 aliphatic carbocycles. The van der Waals surface area contributed by atoms with Crippen molar-refractivity contribution in [3.05, 3.63) is 27.6 Å². The fourth-order valence-electron chi connectivity index (χ4n) is 1.30. The Morgan fingerprint density at radius 2 is 2.20 bits per heavy atom. The molecule has 0 aromatic carbocycles. The zero-order valence-electron chi connectivity index (χ0n) is 10.1. The molecule has 2 rings (SSSR count). The third-order valence-corrected chi connectivity index (χ3v) is 2.80. The van der Waals surface area contributed by atoms with E-state index in [-0.39, 0.29) is 10.9 Å². The number of rotatable bonds is 3. The second-order valence-corrected chi connectivity index (χ2v) is 4.43. The fourth-order valence-corrected chi connectivity index (χ4v) is 1.99. The molecule has 0 atom stereocenters. The van der Waals surface area contributed by atoms with E-state index in [1.54, 1.807) is 5.38 Å². The van der Waals surface area contributed by atoms with Crippen LogP contribution in [0.25, 0.3) is 11.5 Å². The van der Waals surface area contributed by atoms with Gasteiger partial charge >= 0.3 is 11.9 Å². The van der Waals surface area contributed by atoms with Crippen LogP contribution in [-0.2, 0) is 4.79 Å². The minimum atomic E-state index is -0.705. The van der Waals surface area contributed by atoms with Crippen molar-refractivity contribution in [2.24, 2.45) is 0 Å². The zero-order valence-corrected chi connectivity index (χ0v) is 10.9. The number of nitrogens with one attached hydrogen (secondary N) is 2. The zero-order chi connectivity index (χ0) is 14.7. The van der Waals surface area contributed by atoms with Crippen molar-refractivity contribution in [2.75, 3.05) is 5.32 Å². The van der Waals surface area contributed by atoms with Crippen molar-refractivity contribution >= 4 is 34.3 Å². The molecule has 9 nitrogen and oxygen atoms in total. The van der Waals surface area contributed by atoms with Crippen LogP contribution in [-0.4, -0.2) is 21.8 Å². The van der Waals surface area contributed by atoms with Crippen LogP contribution < -0.4 is 10.6 Å². The largest absolute Gasteiger partial charge is 0.433 e. The van der Waals surface area contributed by atoms with Gasteiger partial charge in [0.25, 0.3) is 0 Å². The van der Waals surface area contributed by atoms with Crippen LogP contribution in [0.3, 0.4) is 0 Å². The van der Waals surface area contributed by atoms with Gasteiger partial charge in [0.05, 0.1) is 6.07 Å². The van der Waals surface area contributed by atoms with Crippen molar-refractivity contribution < 1.29 is 18.9 Å². The molecule has 0 bridgehead atoms. The molecule has 0 saturated carbocycles. The van der Waals surface area contributed by atoms with E-state index in [0.29, 0.717) is 5.69 Å². The van der Waals surface area contributed by atoms with E-state index in [1.807, 2.05) is 5.32 Å². The fraction of sp³-hybridized carbons (Fsp3) is 0.100. The SMILES string of the molecule is CC(=O)NC(=O)Nc1nc(-c2ccc([N+](=O)[O-])o2)cs1. The number of amides is 3. The molecule has 10 heteroatoms. The van der Waals surface area contributed by atoms with Gasteiger partial charge in [-0.1, -0.05) is 0 Å². The monoisotopic (exact) mass is 296 g/mol. The first kappa shape index (κ1) is 13.7. The number of furan rings is 1. The van der Waals surface area contributed by atoms with Crippen molar-refractivity contribution in [2.45, 2.75) is 6.92 Å². The molecule has 0 unspecified atom stereocenters. The standard InChI is InChI=1S/C10H8N4O5S/c1-5(15)11-9(16)13-10-12-6(4-20-10)7-2-3-8(19-7)14(17)18/h2-4H,1H3,(H2,11,12,13,15,16). The lowest BCUT2D eigenvalue weighted by Gasteiger charge is -1.99. The van der Waals surface area contributed by atoms with Crippen LogP contribution >= 0.6 is 11.3 Å². The molecule has 104 valence electrons. The molecule has 0 saturated heterocycles. The summed E-state index contributed by atoms with van der Waals surface area (Å²) in [5.74, 6) is -0.675. The first-order chi connectivity index (χ1) is 9.45. The summed E-state index contributed by atoms with van der Waals surface area (Å²) in [4.78, 5) is 35.8. The van der Waals surface area contributed by atoms with E-state index in [1.165, 1.54) is 19.1 Å². The summed E-state index contributed by atoms with van der Waals surface area (Å²) in [6.07, 6.45) is 0. The summed E-state index contributed by atoms with van der Waals surface area (Å²) in [5.41, 5.74) is 0.348. The van der Waals surface area contributed by atoms with Gasteiger partial charge in [0.2, 0.25) is 5.91 Å². The van der Waals surface area contributed by atoms with Crippen LogP contribution in [0.2, 0.25) is 0 Å². The van der Waals surface area contributed by atoms with Crippen LogP contribution in [0.1, 0.15) is 6.92 Å². The van der Waals surface area contributed by atoms with Crippen LogP contribution in [0.15, 0.2) is 21.9 Å². The topological polar surface area (TPSA) is 127 Å². The van der Waals surface area contributed by atoms with Crippen molar-refractivity contribution in [1.82, 2.24) is 10.3 Å². The molecular weight excluding hydrogens is 288 g/mol. The van der Waals surface area contributed by atoms with E-state index in [2.05, 4.69) is 10.3 Å². The highest BCUT2D eigenvalue weighted by atomic mass is 32.1. The number of carbonyl (C=O) groups is 2. The Bertz CT molecular complexity index is 677. The van der Waals surface area contributed by atoms with Gasteiger partial charge in [-0.3, -0.25) is 25.5 Å². The molecule has 0 spiro atoms. The number of nitrogens with zero attached hydrogens (tertiary/aromatic N) is 2. The quantitative estimate of drug-likeness (QED) is 0.658. The van der Waals surface area contributed by atoms with Gasteiger partial charge in [-0.2, -0.15) is 0 Å². The molecule has 20 heavy (non-hydrogen) atoms. The summed E-state index contributed by atoms with van der Waals surface area (Å²) in [6.45, 7) is 1.20. The number of nitro groups is 1. The van der Waals surface area contributed by atoms with E-state index in [0.717, 1.165) is 11.3 Å². The normalized spacial score (nSPS) is 10.1. The molecular formula is C10H8N4O5S. The lowest BCUT2D eigenvalue weighted by Crippen LogP contribution is -2.32. The Hall–Kier alpha value is -2.75. The van der Waals surface area contributed by atoms with E-state index in [4.69, 9.17) is 4.42 Å². The maximum atomic E-state index is 11.3. The first-order valence-electron chi connectivity index (χ1n) is 5.24. The highest BCUT2D eigenvalue weighted by Crippen LogP contribution is 2.28. The minimum absolute atomic E-state index is 0.216. The highest BCUT2D eigenvalue weighted by molar-refractivity contribution is 7.14. The van der Waals surface area contributed by atoms with E-state index >= 15 is 0 Å². The van der Waals surface area contributed by atoms with Crippen LogP contribution in [0.4, 0.5) is 15.8 Å². The molecule has 2 aromatic heterocycles. The highest BCUT2D eigenvalue weighted by Gasteiger charge is 2.16. The molecule has 0 fully saturated rings. The number of urea groups is 1. The molecule has 2 N–H and O–H groups in total. The predicted octanol–water partition coefficient (Wildman–Crippen LogP) is 1.98. The summed E-state index contributed by atoms with van der Waals surface area (Å²) in [7, 11) is 0. The maximum Gasteiger partial charge on any atom is 0.433 e. The molecule has 2 heterocycles. The Morgan fingerprint density at radius 3 is 2.80 bits per heavy atom. The molecule has 0 radical (unpaired) electrons. The first-order valence-corrected chi connectivity index (χ1v) is 6.12. The van der Waals surface area contributed by atoms with Gasteiger partial charge in [0.15, 0.2) is 10.9 Å². The van der Waals surface area contributed by atoms with Gasteiger partial charge < -0.3 is 4.42 Å². The van der Waals surface area contributed by atoms with E-state index in [9.17, 15) is 19.7 Å². The Morgan fingerprint density at radius 1 is 1.45 bits per heavy atom. The van der Waals surface area contributed by atoms with Gasteiger partial charge in [0.1, 0.15) is 10.6 Å². The predicted molar refractivity (Wildman–Crippen MR) is 69.3 cm³/mol. The van der Waals surface area contributed by atoms with Gasteiger partial charge in [0, 0.05) is 12.3 Å².